The maximum Gasteiger partial charge on any atom is 0.233 e. The SMILES string of the molecule is COc1ccc(C(=O)C(=O)c2ccc(OCCOCCOCCOCCOCCOCCO)c(OC)c2)cc1OC. The predicted molar refractivity (Wildman–Crippen MR) is 148 cm³/mol. The minimum absolute atomic E-state index is 0.00537. The van der Waals surface area contributed by atoms with Crippen LogP contribution in [0.2, 0.25) is 0 Å². The van der Waals surface area contributed by atoms with E-state index in [1.54, 1.807) is 12.1 Å². The van der Waals surface area contributed by atoms with Gasteiger partial charge in [-0.1, -0.05) is 0 Å². The second-order valence-electron chi connectivity index (χ2n) is 8.23. The van der Waals surface area contributed by atoms with Gasteiger partial charge in [-0.3, -0.25) is 9.59 Å². The highest BCUT2D eigenvalue weighted by Crippen LogP contribution is 2.30. The van der Waals surface area contributed by atoms with Crippen molar-refractivity contribution in [3.8, 4) is 23.0 Å². The van der Waals surface area contributed by atoms with Crippen molar-refractivity contribution >= 4 is 11.6 Å². The molecule has 0 bridgehead atoms. The second kappa shape index (κ2) is 20.6. The van der Waals surface area contributed by atoms with Crippen molar-refractivity contribution in [2.75, 3.05) is 101 Å². The maximum atomic E-state index is 12.8. The molecule has 12 nitrogen and oxygen atoms in total. The minimum atomic E-state index is -0.690. The molecule has 1 N–H and O–H groups in total. The van der Waals surface area contributed by atoms with E-state index in [0.29, 0.717) is 89.1 Å². The number of ether oxygens (including phenoxy) is 9. The number of hydrogen-bond donors (Lipinski definition) is 1. The molecule has 0 radical (unpaired) electrons. The fourth-order valence-corrected chi connectivity index (χ4v) is 3.42. The van der Waals surface area contributed by atoms with Gasteiger partial charge >= 0.3 is 0 Å². The molecule has 41 heavy (non-hydrogen) atoms. The average molecular weight is 581 g/mol. The summed E-state index contributed by atoms with van der Waals surface area (Å²) in [5, 5.41) is 8.59. The van der Waals surface area contributed by atoms with Crippen molar-refractivity contribution in [1.82, 2.24) is 0 Å². The van der Waals surface area contributed by atoms with E-state index in [2.05, 4.69) is 0 Å². The molecule has 2 aromatic rings. The zero-order chi connectivity index (χ0) is 29.7. The number of aliphatic hydroxyl groups excluding tert-OH is 1. The fraction of sp³-hybridized carbons (Fsp3) is 0.517. The maximum absolute atomic E-state index is 12.8. The number of Topliss-reactive ketones (excluding diaryl/α,β-unsaturated/α-hetero) is 2. The van der Waals surface area contributed by atoms with Crippen LogP contribution in [0.3, 0.4) is 0 Å². The van der Waals surface area contributed by atoms with Crippen molar-refractivity contribution in [2.24, 2.45) is 0 Å². The molecule has 0 spiro atoms. The molecule has 2 aromatic carbocycles. The molecular weight excluding hydrogens is 540 g/mol. The number of carbonyl (C=O) groups is 2. The molecule has 2 rings (SSSR count). The Balaban J connectivity index is 1.63. The van der Waals surface area contributed by atoms with Crippen LogP contribution in [0.5, 0.6) is 23.0 Å². The average Bonchev–Trinajstić information content (AvgIpc) is 3.01. The summed E-state index contributed by atoms with van der Waals surface area (Å²) in [6.07, 6.45) is 0. The van der Waals surface area contributed by atoms with E-state index in [-0.39, 0.29) is 24.3 Å². The first-order chi connectivity index (χ1) is 20.0. The van der Waals surface area contributed by atoms with Gasteiger partial charge in [0, 0.05) is 11.1 Å². The summed E-state index contributed by atoms with van der Waals surface area (Å²) in [7, 11) is 4.39. The Morgan fingerprint density at radius 2 is 0.878 bits per heavy atom. The van der Waals surface area contributed by atoms with Crippen LogP contribution < -0.4 is 18.9 Å². The van der Waals surface area contributed by atoms with Gasteiger partial charge in [0.15, 0.2) is 23.0 Å². The van der Waals surface area contributed by atoms with Gasteiger partial charge in [-0.05, 0) is 36.4 Å². The van der Waals surface area contributed by atoms with Gasteiger partial charge in [0.2, 0.25) is 11.6 Å². The Kier molecular flexibility index (Phi) is 17.0. The first-order valence-electron chi connectivity index (χ1n) is 13.2. The molecule has 12 heteroatoms. The molecule has 0 fully saturated rings. The summed E-state index contributed by atoms with van der Waals surface area (Å²) >= 11 is 0. The Morgan fingerprint density at radius 1 is 0.512 bits per heavy atom. The molecule has 0 aliphatic carbocycles. The molecule has 0 aromatic heterocycles. The van der Waals surface area contributed by atoms with Crippen molar-refractivity contribution in [3.63, 3.8) is 0 Å². The van der Waals surface area contributed by atoms with Crippen molar-refractivity contribution in [1.29, 1.82) is 0 Å². The number of carbonyl (C=O) groups excluding carboxylic acids is 2. The number of benzene rings is 2. The Bertz CT molecular complexity index is 1040. The number of ketones is 2. The normalized spacial score (nSPS) is 10.8. The van der Waals surface area contributed by atoms with E-state index in [4.69, 9.17) is 47.7 Å². The van der Waals surface area contributed by atoms with Crippen LogP contribution in [0.1, 0.15) is 20.7 Å². The lowest BCUT2D eigenvalue weighted by Gasteiger charge is -2.12. The highest BCUT2D eigenvalue weighted by molar-refractivity contribution is 6.49. The number of hydrogen-bond acceptors (Lipinski definition) is 12. The Morgan fingerprint density at radius 3 is 1.29 bits per heavy atom. The molecular formula is C29H40O12. The third-order valence-electron chi connectivity index (χ3n) is 5.49. The largest absolute Gasteiger partial charge is 0.493 e. The lowest BCUT2D eigenvalue weighted by Crippen LogP contribution is -2.15. The van der Waals surface area contributed by atoms with Gasteiger partial charge in [-0.25, -0.2) is 0 Å². The minimum Gasteiger partial charge on any atom is -0.493 e. The number of rotatable bonds is 24. The monoisotopic (exact) mass is 580 g/mol. The summed E-state index contributed by atoms with van der Waals surface area (Å²) in [6, 6.07) is 9.09. The van der Waals surface area contributed by atoms with E-state index in [1.165, 1.54) is 45.6 Å². The summed E-state index contributed by atoms with van der Waals surface area (Å²) in [5.74, 6) is 0.170. The first kappa shape index (κ1) is 33.9. The smallest absolute Gasteiger partial charge is 0.233 e. The third kappa shape index (κ3) is 12.4. The molecule has 0 aliphatic heterocycles. The Hall–Kier alpha value is -3.26. The van der Waals surface area contributed by atoms with Crippen molar-refractivity contribution < 1.29 is 57.3 Å². The number of methoxy groups -OCH3 is 3. The molecule has 0 aliphatic rings. The lowest BCUT2D eigenvalue weighted by atomic mass is 10.0. The standard InChI is InChI=1S/C29H40O12/c1-33-24-6-4-22(20-26(24)34-2)28(31)29(32)23-5-7-25(27(21-23)35-3)41-19-18-40-17-16-39-15-14-38-13-12-37-11-10-36-9-8-30/h4-7,20-21,30H,8-19H2,1-3H3. The van der Waals surface area contributed by atoms with E-state index >= 15 is 0 Å². The van der Waals surface area contributed by atoms with Gasteiger partial charge in [0.05, 0.1) is 94.0 Å². The quantitative estimate of drug-likeness (QED) is 0.111. The lowest BCUT2D eigenvalue weighted by molar-refractivity contribution is -0.0147. The topological polar surface area (TPSA) is 137 Å². The molecule has 0 atom stereocenters. The van der Waals surface area contributed by atoms with Crippen LogP contribution in [0.4, 0.5) is 0 Å². The first-order valence-corrected chi connectivity index (χ1v) is 13.2. The van der Waals surface area contributed by atoms with Gasteiger partial charge < -0.3 is 47.7 Å². The third-order valence-corrected chi connectivity index (χ3v) is 5.49. The summed E-state index contributed by atoms with van der Waals surface area (Å²) in [6.45, 7) is 4.42. The van der Waals surface area contributed by atoms with Gasteiger partial charge in [0.25, 0.3) is 0 Å². The predicted octanol–water partition coefficient (Wildman–Crippen LogP) is 2.23. The van der Waals surface area contributed by atoms with Crippen LogP contribution in [-0.4, -0.2) is 117 Å². The van der Waals surface area contributed by atoms with Crippen LogP contribution >= 0.6 is 0 Å². The van der Waals surface area contributed by atoms with E-state index in [9.17, 15) is 9.59 Å². The Labute approximate surface area is 240 Å². The summed E-state index contributed by atoms with van der Waals surface area (Å²) in [5.41, 5.74) is 0.353. The second-order valence-corrected chi connectivity index (χ2v) is 8.23. The van der Waals surface area contributed by atoms with Crippen LogP contribution in [0, 0.1) is 0 Å². The van der Waals surface area contributed by atoms with Crippen LogP contribution in [0.25, 0.3) is 0 Å². The van der Waals surface area contributed by atoms with Crippen molar-refractivity contribution in [3.05, 3.63) is 47.5 Å². The summed E-state index contributed by atoms with van der Waals surface area (Å²) in [4.78, 5) is 25.6. The molecule has 0 amide bonds. The van der Waals surface area contributed by atoms with Crippen LogP contribution in [-0.2, 0) is 23.7 Å². The molecule has 0 heterocycles. The van der Waals surface area contributed by atoms with Gasteiger partial charge in [0.1, 0.15) is 6.61 Å². The highest BCUT2D eigenvalue weighted by atomic mass is 16.6. The zero-order valence-electron chi connectivity index (χ0n) is 23.9. The number of aliphatic hydroxyl groups is 1. The molecule has 0 saturated carbocycles. The van der Waals surface area contributed by atoms with Crippen molar-refractivity contribution in [2.45, 2.75) is 0 Å². The summed E-state index contributed by atoms with van der Waals surface area (Å²) < 4.78 is 48.2. The van der Waals surface area contributed by atoms with Crippen LogP contribution in [0.15, 0.2) is 36.4 Å². The fourth-order valence-electron chi connectivity index (χ4n) is 3.42. The van der Waals surface area contributed by atoms with Gasteiger partial charge in [-0.15, -0.1) is 0 Å². The molecule has 0 saturated heterocycles. The van der Waals surface area contributed by atoms with Gasteiger partial charge in [-0.2, -0.15) is 0 Å². The van der Waals surface area contributed by atoms with E-state index in [0.717, 1.165) is 0 Å². The molecule has 0 unspecified atom stereocenters. The highest BCUT2D eigenvalue weighted by Gasteiger charge is 2.21. The van der Waals surface area contributed by atoms with E-state index in [1.807, 2.05) is 0 Å². The zero-order valence-corrected chi connectivity index (χ0v) is 23.9. The van der Waals surface area contributed by atoms with E-state index < -0.39 is 11.6 Å². The molecule has 228 valence electrons.